The Labute approximate surface area is 216 Å². The molecule has 0 radical (unpaired) electrons. The maximum absolute atomic E-state index is 12.9. The van der Waals surface area contributed by atoms with Crippen LogP contribution in [0.3, 0.4) is 0 Å². The Morgan fingerprint density at radius 1 is 1.28 bits per heavy atom. The molecule has 2 heterocycles. The third kappa shape index (κ3) is 6.79. The van der Waals surface area contributed by atoms with Crippen LogP contribution in [0.25, 0.3) is 0 Å². The molecule has 2 aliphatic heterocycles. The van der Waals surface area contributed by atoms with Gasteiger partial charge in [-0.25, -0.2) is 4.79 Å². The molecule has 1 aromatic rings. The van der Waals surface area contributed by atoms with E-state index in [2.05, 4.69) is 5.32 Å². The molecule has 2 amide bonds. The van der Waals surface area contributed by atoms with Gasteiger partial charge in [-0.05, 0) is 43.9 Å². The number of hydrogen-bond acceptors (Lipinski definition) is 7. The maximum atomic E-state index is 12.9. The number of hydrogen-bond donors (Lipinski definition) is 3. The van der Waals surface area contributed by atoms with Crippen LogP contribution in [0.2, 0.25) is 5.02 Å². The van der Waals surface area contributed by atoms with E-state index in [9.17, 15) is 19.8 Å². The van der Waals surface area contributed by atoms with E-state index in [1.807, 2.05) is 25.1 Å². The van der Waals surface area contributed by atoms with Gasteiger partial charge in [0.25, 0.3) is 0 Å². The summed E-state index contributed by atoms with van der Waals surface area (Å²) in [6.45, 7) is 1.95. The quantitative estimate of drug-likeness (QED) is 0.544. The number of rotatable bonds is 2. The van der Waals surface area contributed by atoms with Crippen molar-refractivity contribution in [1.82, 2.24) is 5.32 Å². The maximum Gasteiger partial charge on any atom is 0.409 e. The molecular weight excluding hydrogens is 488 g/mol. The summed E-state index contributed by atoms with van der Waals surface area (Å²) in [5, 5.41) is 24.5. The molecule has 4 bridgehead atoms. The van der Waals surface area contributed by atoms with E-state index in [0.29, 0.717) is 35.7 Å². The Morgan fingerprint density at radius 3 is 2.72 bits per heavy atom. The van der Waals surface area contributed by atoms with Gasteiger partial charge in [0.15, 0.2) is 5.72 Å². The van der Waals surface area contributed by atoms with Crippen molar-refractivity contribution in [3.8, 4) is 5.75 Å². The summed E-state index contributed by atoms with van der Waals surface area (Å²) < 4.78 is 16.2. The molecule has 3 rings (SSSR count). The third-order valence-electron chi connectivity index (χ3n) is 6.50. The highest BCUT2D eigenvalue weighted by Crippen LogP contribution is 2.37. The highest BCUT2D eigenvalue weighted by molar-refractivity contribution is 6.35. The Kier molecular flexibility index (Phi) is 9.41. The Bertz CT molecular complexity index is 1030. The van der Waals surface area contributed by atoms with Crippen LogP contribution in [0.4, 0.5) is 10.5 Å². The summed E-state index contributed by atoms with van der Waals surface area (Å²) in [4.78, 5) is 26.6. The third-order valence-corrected chi connectivity index (χ3v) is 6.88. The first-order valence-corrected chi connectivity index (χ1v) is 12.3. The number of anilines is 1. The number of nitrogens with one attached hydrogen (secondary N) is 1. The van der Waals surface area contributed by atoms with Crippen LogP contribution in [0.1, 0.15) is 44.6 Å². The first-order chi connectivity index (χ1) is 17.1. The van der Waals surface area contributed by atoms with Gasteiger partial charge in [-0.2, -0.15) is 0 Å². The molecule has 10 heteroatoms. The minimum absolute atomic E-state index is 0.0349. The van der Waals surface area contributed by atoms with E-state index < -0.39 is 30.1 Å². The zero-order valence-electron chi connectivity index (χ0n) is 21.1. The molecule has 0 spiro atoms. The Morgan fingerprint density at radius 2 is 2.03 bits per heavy atom. The second kappa shape index (κ2) is 12.1. The van der Waals surface area contributed by atoms with Crippen molar-refractivity contribution in [2.75, 3.05) is 26.2 Å². The Balaban J connectivity index is 1.97. The van der Waals surface area contributed by atoms with Crippen LogP contribution in [-0.2, 0) is 20.7 Å². The number of carbonyl (C=O) groups excluding carboxylic acids is 2. The summed E-state index contributed by atoms with van der Waals surface area (Å²) in [5.41, 5.74) is 0.744. The largest absolute Gasteiger partial charge is 0.495 e. The average molecular weight is 523 g/mol. The van der Waals surface area contributed by atoms with E-state index in [4.69, 9.17) is 25.8 Å². The van der Waals surface area contributed by atoms with Gasteiger partial charge in [0, 0.05) is 33.4 Å². The number of aliphatic hydroxyl groups excluding tert-OH is 1. The molecule has 36 heavy (non-hydrogen) atoms. The van der Waals surface area contributed by atoms with Crippen LogP contribution in [0.15, 0.2) is 35.9 Å². The van der Waals surface area contributed by atoms with Gasteiger partial charge in [0.2, 0.25) is 5.91 Å². The first-order valence-electron chi connectivity index (χ1n) is 11.9. The Hall–Kier alpha value is -2.59. The van der Waals surface area contributed by atoms with Crippen molar-refractivity contribution in [2.45, 2.75) is 69.5 Å². The fraction of sp³-hybridized carbons (Fsp3) is 0.538. The predicted octanol–water partition coefficient (Wildman–Crippen LogP) is 3.49. The van der Waals surface area contributed by atoms with Crippen molar-refractivity contribution >= 4 is 29.3 Å². The van der Waals surface area contributed by atoms with Gasteiger partial charge in [-0.1, -0.05) is 35.4 Å². The summed E-state index contributed by atoms with van der Waals surface area (Å²) in [6.07, 6.45) is 3.81. The minimum Gasteiger partial charge on any atom is -0.495 e. The fourth-order valence-electron chi connectivity index (χ4n) is 4.60. The van der Waals surface area contributed by atoms with Crippen molar-refractivity contribution in [3.63, 3.8) is 0 Å². The number of benzene rings is 1. The second-order valence-electron chi connectivity index (χ2n) is 9.38. The normalized spacial score (nSPS) is 30.6. The van der Waals surface area contributed by atoms with E-state index in [-0.39, 0.29) is 25.2 Å². The topological polar surface area (TPSA) is 118 Å². The van der Waals surface area contributed by atoms with Crippen LogP contribution in [0.5, 0.6) is 5.75 Å². The number of nitrogens with zero attached hydrogens (tertiary/aromatic N) is 1. The molecule has 2 aliphatic rings. The number of allylic oxidation sites excluding steroid dienone is 3. The monoisotopic (exact) mass is 522 g/mol. The van der Waals surface area contributed by atoms with Gasteiger partial charge in [-0.3, -0.25) is 10.1 Å². The number of ether oxygens (including phenoxy) is 3. The van der Waals surface area contributed by atoms with Gasteiger partial charge in [0.1, 0.15) is 23.0 Å². The first kappa shape index (κ1) is 28.0. The molecule has 0 aliphatic carbocycles. The molecule has 0 saturated carbocycles. The van der Waals surface area contributed by atoms with Crippen LogP contribution < -0.4 is 15.0 Å². The number of carbonyl (C=O) groups is 2. The lowest BCUT2D eigenvalue weighted by Crippen LogP contribution is -2.62. The SMILES string of the molecule is COc1cc2cc(c1Cl)N(C)C(=O)CCCC(O)CC1C[C@@](O)(NC(=O)O1)[C@H](OC)/C=C/C=C(\C)C2. The number of amides is 2. The van der Waals surface area contributed by atoms with Crippen molar-refractivity contribution in [3.05, 3.63) is 46.5 Å². The number of fused-ring (bicyclic) bond motifs is 4. The van der Waals surface area contributed by atoms with E-state index >= 15 is 0 Å². The number of alkyl carbamates (subject to hydrolysis) is 1. The van der Waals surface area contributed by atoms with Crippen LogP contribution >= 0.6 is 11.6 Å². The summed E-state index contributed by atoms with van der Waals surface area (Å²) >= 11 is 6.53. The standard InChI is InChI=1S/C26H35ClN2O7/c1-16-7-5-9-22(35-4)26(33)15-19(36-25(32)28-26)14-18(30)8-6-10-23(31)29(2)20-12-17(11-16)13-21(34-3)24(20)27/h5,7,9,12-13,18-19,22,30,33H,6,8,10-11,14-15H2,1-4H3,(H,28,32)/b9-5+,16-7+/t18?,19?,22-,26+/m1/s1. The van der Waals surface area contributed by atoms with Gasteiger partial charge >= 0.3 is 6.09 Å². The van der Waals surface area contributed by atoms with Crippen LogP contribution in [-0.4, -0.2) is 67.5 Å². The number of halogens is 1. The molecular formula is C26H35ClN2O7. The lowest BCUT2D eigenvalue weighted by Gasteiger charge is -2.40. The smallest absolute Gasteiger partial charge is 0.409 e. The molecule has 2 unspecified atom stereocenters. The molecule has 198 valence electrons. The summed E-state index contributed by atoms with van der Waals surface area (Å²) in [6, 6.07) is 3.70. The minimum atomic E-state index is -1.70. The number of aliphatic hydroxyl groups is 2. The van der Waals surface area contributed by atoms with Gasteiger partial charge in [-0.15, -0.1) is 0 Å². The molecule has 4 atom stereocenters. The fourth-order valence-corrected chi connectivity index (χ4v) is 4.91. The van der Waals surface area contributed by atoms with Gasteiger partial charge < -0.3 is 29.3 Å². The summed E-state index contributed by atoms with van der Waals surface area (Å²) in [7, 11) is 4.64. The molecule has 1 aromatic carbocycles. The molecule has 1 saturated heterocycles. The zero-order chi connectivity index (χ0) is 26.5. The zero-order valence-corrected chi connectivity index (χ0v) is 21.9. The van der Waals surface area contributed by atoms with E-state index in [1.54, 1.807) is 19.2 Å². The summed E-state index contributed by atoms with van der Waals surface area (Å²) in [5.74, 6) is 0.320. The predicted molar refractivity (Wildman–Crippen MR) is 136 cm³/mol. The van der Waals surface area contributed by atoms with Gasteiger partial charge in [0.05, 0.1) is 18.9 Å². The molecule has 1 fully saturated rings. The lowest BCUT2D eigenvalue weighted by atomic mass is 9.93. The molecule has 0 aromatic heterocycles. The number of methoxy groups -OCH3 is 2. The second-order valence-corrected chi connectivity index (χ2v) is 9.76. The lowest BCUT2D eigenvalue weighted by molar-refractivity contribution is -0.138. The van der Waals surface area contributed by atoms with Crippen molar-refractivity contribution < 1.29 is 34.0 Å². The highest BCUT2D eigenvalue weighted by atomic mass is 35.5. The average Bonchev–Trinajstić information content (AvgIpc) is 2.80. The molecule has 3 N–H and O–H groups in total. The van der Waals surface area contributed by atoms with Crippen molar-refractivity contribution in [2.24, 2.45) is 0 Å². The van der Waals surface area contributed by atoms with E-state index in [0.717, 1.165) is 11.1 Å². The van der Waals surface area contributed by atoms with E-state index in [1.165, 1.54) is 19.1 Å². The van der Waals surface area contributed by atoms with Crippen molar-refractivity contribution in [1.29, 1.82) is 0 Å². The highest BCUT2D eigenvalue weighted by Gasteiger charge is 2.45. The van der Waals surface area contributed by atoms with Crippen LogP contribution in [0, 0.1) is 0 Å². The molecule has 9 nitrogen and oxygen atoms in total.